The van der Waals surface area contributed by atoms with E-state index in [0.717, 1.165) is 22.4 Å². The molecule has 0 aliphatic carbocycles. The predicted molar refractivity (Wildman–Crippen MR) is 202 cm³/mol. The van der Waals surface area contributed by atoms with Gasteiger partial charge in [-0.25, -0.2) is 0 Å². The lowest BCUT2D eigenvalue weighted by molar-refractivity contribution is 0.672. The second kappa shape index (κ2) is 11.8. The Kier molecular flexibility index (Phi) is 4.29. The summed E-state index contributed by atoms with van der Waals surface area (Å²) in [4.78, 5) is 2.11. The standard InChI is InChI=1S/C46H31NO/c1-4-14-32(15-5-1)35-16-12-17-36(30-35)33-26-28-34(29-27-33)41-31-42-45-43(47(37-18-6-2-7-19-37)38-20-8-3-9-21-38)24-13-25-44(45)48-46(42)40-23-11-10-22-39(40)41/h1-31H/i1D,4D,5D,12D,14D,15D,16D,17D,26D,27D,28D,29D,30D. The molecule has 0 bridgehead atoms. The summed E-state index contributed by atoms with van der Waals surface area (Å²) in [6.07, 6.45) is 0. The second-order valence-corrected chi connectivity index (χ2v) is 11.1. The zero-order valence-electron chi connectivity index (χ0n) is 38.2. The van der Waals surface area contributed by atoms with Crippen LogP contribution in [-0.2, 0) is 0 Å². The van der Waals surface area contributed by atoms with Crippen molar-refractivity contribution in [3.05, 3.63) is 188 Å². The molecule has 0 atom stereocenters. The smallest absolute Gasteiger partial charge is 0.143 e. The Balaban J connectivity index is 1.33. The molecule has 2 nitrogen and oxygen atoms in total. The molecule has 0 fully saturated rings. The van der Waals surface area contributed by atoms with Gasteiger partial charge < -0.3 is 9.32 Å². The first-order valence-electron chi connectivity index (χ1n) is 21.8. The van der Waals surface area contributed by atoms with Gasteiger partial charge in [0.1, 0.15) is 11.2 Å². The highest BCUT2D eigenvalue weighted by Crippen LogP contribution is 2.46. The molecule has 9 aromatic rings. The summed E-state index contributed by atoms with van der Waals surface area (Å²) in [5.74, 6) is 0. The Morgan fingerprint density at radius 2 is 1.04 bits per heavy atom. The Hall–Kier alpha value is -6.38. The van der Waals surface area contributed by atoms with E-state index < -0.39 is 101 Å². The van der Waals surface area contributed by atoms with Crippen LogP contribution in [0.15, 0.2) is 192 Å². The highest BCUT2D eigenvalue weighted by molar-refractivity contribution is 6.22. The first-order chi connectivity index (χ1) is 29.2. The van der Waals surface area contributed by atoms with Crippen LogP contribution in [0.5, 0.6) is 0 Å². The van der Waals surface area contributed by atoms with E-state index in [9.17, 15) is 6.85 Å². The van der Waals surface area contributed by atoms with Gasteiger partial charge in [0.25, 0.3) is 0 Å². The molecule has 1 aromatic heterocycles. The molecule has 1 heterocycles. The molecule has 9 rings (SSSR count). The molecular formula is C46H31NO. The van der Waals surface area contributed by atoms with E-state index in [1.54, 1.807) is 18.2 Å². The lowest BCUT2D eigenvalue weighted by atomic mass is 9.93. The maximum absolute atomic E-state index is 9.45. The van der Waals surface area contributed by atoms with Gasteiger partial charge in [-0.3, -0.25) is 0 Å². The summed E-state index contributed by atoms with van der Waals surface area (Å²) in [6.45, 7) is 0. The van der Waals surface area contributed by atoms with E-state index in [1.165, 1.54) is 0 Å². The summed E-state index contributed by atoms with van der Waals surface area (Å²) in [7, 11) is 0. The number of hydrogen-bond donors (Lipinski definition) is 0. The summed E-state index contributed by atoms with van der Waals surface area (Å²) >= 11 is 0. The highest BCUT2D eigenvalue weighted by atomic mass is 16.3. The van der Waals surface area contributed by atoms with Crippen LogP contribution in [0.3, 0.4) is 0 Å². The average Bonchev–Trinajstić information content (AvgIpc) is 3.66. The maximum atomic E-state index is 9.45. The van der Waals surface area contributed by atoms with Crippen LogP contribution in [0.25, 0.3) is 66.1 Å². The highest BCUT2D eigenvalue weighted by Gasteiger charge is 2.21. The lowest BCUT2D eigenvalue weighted by Gasteiger charge is -2.26. The molecule has 0 unspecified atom stereocenters. The number of hydrogen-bond acceptors (Lipinski definition) is 2. The van der Waals surface area contributed by atoms with Crippen molar-refractivity contribution in [1.82, 2.24) is 0 Å². The molecule has 0 aliphatic heterocycles. The normalized spacial score (nSPS) is 15.1. The Morgan fingerprint density at radius 3 is 1.73 bits per heavy atom. The molecule has 226 valence electrons. The average molecular weight is 627 g/mol. The largest absolute Gasteiger partial charge is 0.455 e. The first kappa shape index (κ1) is 17.5. The monoisotopic (exact) mass is 626 g/mol. The number of anilines is 3. The zero-order valence-corrected chi connectivity index (χ0v) is 25.2. The first-order valence-corrected chi connectivity index (χ1v) is 15.3. The van der Waals surface area contributed by atoms with Gasteiger partial charge in [0.15, 0.2) is 0 Å². The summed E-state index contributed by atoms with van der Waals surface area (Å²) in [6, 6.07) is 25.6. The minimum Gasteiger partial charge on any atom is -0.455 e. The number of furan rings is 1. The van der Waals surface area contributed by atoms with E-state index >= 15 is 0 Å². The molecule has 0 radical (unpaired) electrons. The van der Waals surface area contributed by atoms with E-state index in [0.29, 0.717) is 32.9 Å². The van der Waals surface area contributed by atoms with Crippen molar-refractivity contribution in [2.45, 2.75) is 0 Å². The minimum absolute atomic E-state index is 0.0706. The van der Waals surface area contributed by atoms with Gasteiger partial charge in [0.2, 0.25) is 0 Å². The van der Waals surface area contributed by atoms with Crippen molar-refractivity contribution in [2.75, 3.05) is 4.90 Å². The predicted octanol–water partition coefficient (Wildman–Crippen LogP) is 13.2. The van der Waals surface area contributed by atoms with Crippen molar-refractivity contribution in [3.8, 4) is 33.4 Å². The van der Waals surface area contributed by atoms with Crippen molar-refractivity contribution < 1.29 is 22.2 Å². The molecule has 0 saturated carbocycles. The van der Waals surface area contributed by atoms with Gasteiger partial charge >= 0.3 is 0 Å². The topological polar surface area (TPSA) is 16.4 Å². The van der Waals surface area contributed by atoms with Gasteiger partial charge in [0, 0.05) is 22.1 Å². The fourth-order valence-corrected chi connectivity index (χ4v) is 6.15. The molecule has 8 aromatic carbocycles. The second-order valence-electron chi connectivity index (χ2n) is 11.1. The van der Waals surface area contributed by atoms with Gasteiger partial charge in [-0.1, -0.05) is 139 Å². The zero-order chi connectivity index (χ0) is 43.2. The van der Waals surface area contributed by atoms with Crippen LogP contribution in [0, 0.1) is 0 Å². The molecule has 0 N–H and O–H groups in total. The SMILES string of the molecule is [2H]c1c([2H])c([2H])c(-c2c([2H])c([2H])c([2H])c(-c3c([2H])c([2H])c(-c4cc5c(oc6cccc(N(c7ccccc7)c7ccccc7)c65)c5ccccc45)c([2H])c3[2H])c2[2H])c([2H])c1[2H]. The van der Waals surface area contributed by atoms with Crippen LogP contribution in [-0.4, -0.2) is 0 Å². The van der Waals surface area contributed by atoms with Crippen molar-refractivity contribution in [2.24, 2.45) is 0 Å². The number of rotatable bonds is 6. The van der Waals surface area contributed by atoms with Crippen LogP contribution >= 0.6 is 0 Å². The molecule has 0 aliphatic rings. The lowest BCUT2D eigenvalue weighted by Crippen LogP contribution is -2.09. The quantitative estimate of drug-likeness (QED) is 0.183. The summed E-state index contributed by atoms with van der Waals surface area (Å²) in [5.41, 5.74) is 1.82. The number of fused-ring (bicyclic) bond motifs is 5. The van der Waals surface area contributed by atoms with Gasteiger partial charge in [-0.15, -0.1) is 0 Å². The third kappa shape index (κ3) is 4.83. The Bertz CT molecular complexity index is 3200. The Morgan fingerprint density at radius 1 is 0.458 bits per heavy atom. The summed E-state index contributed by atoms with van der Waals surface area (Å²) in [5, 5.41) is 2.61. The van der Waals surface area contributed by atoms with E-state index in [-0.39, 0.29) is 5.56 Å². The van der Waals surface area contributed by atoms with Gasteiger partial charge in [-0.05, 0) is 87.3 Å². The fraction of sp³-hybridized carbons (Fsp3) is 0. The summed E-state index contributed by atoms with van der Waals surface area (Å²) < 4.78 is 121. The molecule has 48 heavy (non-hydrogen) atoms. The van der Waals surface area contributed by atoms with E-state index in [1.807, 2.05) is 91.0 Å². The van der Waals surface area contributed by atoms with Crippen LogP contribution in [0.1, 0.15) is 17.8 Å². The Labute approximate surface area is 298 Å². The van der Waals surface area contributed by atoms with Crippen LogP contribution < -0.4 is 4.90 Å². The third-order valence-corrected chi connectivity index (χ3v) is 8.27. The number of para-hydroxylation sites is 2. The van der Waals surface area contributed by atoms with Crippen LogP contribution in [0.2, 0.25) is 0 Å². The van der Waals surface area contributed by atoms with Gasteiger partial charge in [-0.2, -0.15) is 0 Å². The maximum Gasteiger partial charge on any atom is 0.143 e. The molecule has 0 saturated heterocycles. The third-order valence-electron chi connectivity index (χ3n) is 8.27. The molecular weight excluding hydrogens is 583 g/mol. The van der Waals surface area contributed by atoms with E-state index in [4.69, 9.17) is 15.4 Å². The molecule has 0 amide bonds. The van der Waals surface area contributed by atoms with Gasteiger partial charge in [0.05, 0.1) is 28.9 Å². The number of nitrogens with zero attached hydrogens (tertiary/aromatic N) is 1. The van der Waals surface area contributed by atoms with Crippen LogP contribution in [0.4, 0.5) is 17.1 Å². The minimum atomic E-state index is -0.784. The fourth-order valence-electron chi connectivity index (χ4n) is 6.15. The molecule has 2 heteroatoms. The number of benzene rings is 8. The van der Waals surface area contributed by atoms with Crippen molar-refractivity contribution >= 4 is 49.8 Å². The van der Waals surface area contributed by atoms with Crippen molar-refractivity contribution in [3.63, 3.8) is 0 Å². The van der Waals surface area contributed by atoms with Crippen molar-refractivity contribution in [1.29, 1.82) is 0 Å². The molecule has 0 spiro atoms. The van der Waals surface area contributed by atoms with E-state index in [2.05, 4.69) is 4.90 Å².